The van der Waals surface area contributed by atoms with Crippen LogP contribution in [-0.4, -0.2) is 18.7 Å². The van der Waals surface area contributed by atoms with Gasteiger partial charge in [-0.1, -0.05) is 19.1 Å². The standard InChI is InChI=1S/C15H25NO/c1-5-16-13(4)6-7-14-8-10-15(11-9-14)17-12(2)3/h8-13,16H,5-7H2,1-4H3. The third-order valence-electron chi connectivity index (χ3n) is 2.71. The van der Waals surface area contributed by atoms with Crippen LogP contribution in [0.4, 0.5) is 0 Å². The monoisotopic (exact) mass is 235 g/mol. The molecule has 0 fully saturated rings. The Morgan fingerprint density at radius 1 is 1.12 bits per heavy atom. The number of nitrogens with one attached hydrogen (secondary N) is 1. The zero-order chi connectivity index (χ0) is 12.7. The molecule has 1 atom stereocenters. The molecular formula is C15H25NO. The number of rotatable bonds is 7. The average Bonchev–Trinajstić information content (AvgIpc) is 2.28. The molecule has 0 radical (unpaired) electrons. The van der Waals surface area contributed by atoms with Gasteiger partial charge >= 0.3 is 0 Å². The molecule has 1 unspecified atom stereocenters. The molecule has 0 saturated heterocycles. The van der Waals surface area contributed by atoms with Crippen molar-refractivity contribution >= 4 is 0 Å². The minimum atomic E-state index is 0.245. The highest BCUT2D eigenvalue weighted by Gasteiger charge is 2.02. The van der Waals surface area contributed by atoms with Crippen molar-refractivity contribution < 1.29 is 4.74 Å². The van der Waals surface area contributed by atoms with Crippen LogP contribution in [0.1, 0.15) is 39.7 Å². The lowest BCUT2D eigenvalue weighted by Crippen LogP contribution is -2.25. The largest absolute Gasteiger partial charge is 0.491 e. The van der Waals surface area contributed by atoms with Crippen molar-refractivity contribution in [2.24, 2.45) is 0 Å². The van der Waals surface area contributed by atoms with E-state index in [2.05, 4.69) is 43.4 Å². The summed E-state index contributed by atoms with van der Waals surface area (Å²) in [6.07, 6.45) is 2.54. The first-order valence-electron chi connectivity index (χ1n) is 6.60. The topological polar surface area (TPSA) is 21.3 Å². The van der Waals surface area contributed by atoms with Crippen molar-refractivity contribution in [1.82, 2.24) is 5.32 Å². The summed E-state index contributed by atoms with van der Waals surface area (Å²) in [5.74, 6) is 0.962. The zero-order valence-corrected chi connectivity index (χ0v) is 11.5. The molecule has 0 aliphatic rings. The van der Waals surface area contributed by atoms with E-state index < -0.39 is 0 Å². The second-order valence-electron chi connectivity index (χ2n) is 4.81. The lowest BCUT2D eigenvalue weighted by Gasteiger charge is -2.13. The summed E-state index contributed by atoms with van der Waals surface area (Å²) < 4.78 is 5.62. The fraction of sp³-hybridized carbons (Fsp3) is 0.600. The highest BCUT2D eigenvalue weighted by molar-refractivity contribution is 5.27. The van der Waals surface area contributed by atoms with Gasteiger partial charge in [-0.05, 0) is 57.9 Å². The number of hydrogen-bond acceptors (Lipinski definition) is 2. The molecule has 0 aliphatic carbocycles. The molecule has 1 rings (SSSR count). The summed E-state index contributed by atoms with van der Waals surface area (Å²) in [5.41, 5.74) is 1.38. The summed E-state index contributed by atoms with van der Waals surface area (Å²) >= 11 is 0. The Labute approximate surface area is 105 Å². The SMILES string of the molecule is CCNC(C)CCc1ccc(OC(C)C)cc1. The Kier molecular flexibility index (Phi) is 6.06. The van der Waals surface area contributed by atoms with E-state index in [0.717, 1.165) is 18.7 Å². The fourth-order valence-corrected chi connectivity index (χ4v) is 1.84. The van der Waals surface area contributed by atoms with Gasteiger partial charge in [0.05, 0.1) is 6.10 Å². The molecule has 1 N–H and O–H groups in total. The number of benzene rings is 1. The quantitative estimate of drug-likeness (QED) is 0.782. The van der Waals surface area contributed by atoms with Crippen LogP contribution < -0.4 is 10.1 Å². The predicted octanol–water partition coefficient (Wildman–Crippen LogP) is 3.40. The van der Waals surface area contributed by atoms with E-state index in [9.17, 15) is 0 Å². The number of hydrogen-bond donors (Lipinski definition) is 1. The van der Waals surface area contributed by atoms with Gasteiger partial charge in [-0.2, -0.15) is 0 Å². The maximum atomic E-state index is 5.62. The molecule has 17 heavy (non-hydrogen) atoms. The van der Waals surface area contributed by atoms with Gasteiger partial charge in [-0.25, -0.2) is 0 Å². The number of ether oxygens (including phenoxy) is 1. The third kappa shape index (κ3) is 5.73. The van der Waals surface area contributed by atoms with E-state index in [1.165, 1.54) is 12.0 Å². The molecule has 0 aromatic heterocycles. The van der Waals surface area contributed by atoms with E-state index in [1.54, 1.807) is 0 Å². The molecule has 0 bridgehead atoms. The van der Waals surface area contributed by atoms with E-state index >= 15 is 0 Å². The van der Waals surface area contributed by atoms with Crippen LogP contribution in [0.25, 0.3) is 0 Å². The summed E-state index contributed by atoms with van der Waals surface area (Å²) in [6.45, 7) is 9.52. The Hall–Kier alpha value is -1.02. The normalized spacial score (nSPS) is 12.8. The van der Waals surface area contributed by atoms with Gasteiger partial charge in [0, 0.05) is 6.04 Å². The third-order valence-corrected chi connectivity index (χ3v) is 2.71. The molecule has 1 aromatic rings. The van der Waals surface area contributed by atoms with Gasteiger partial charge in [0.15, 0.2) is 0 Å². The Bertz CT molecular complexity index is 305. The lowest BCUT2D eigenvalue weighted by atomic mass is 10.1. The van der Waals surface area contributed by atoms with E-state index in [4.69, 9.17) is 4.74 Å². The smallest absolute Gasteiger partial charge is 0.119 e. The Morgan fingerprint density at radius 3 is 2.29 bits per heavy atom. The highest BCUT2D eigenvalue weighted by Crippen LogP contribution is 2.15. The van der Waals surface area contributed by atoms with Crippen LogP contribution in [0.3, 0.4) is 0 Å². The molecule has 0 amide bonds. The first kappa shape index (κ1) is 14.0. The van der Waals surface area contributed by atoms with Crippen LogP contribution in [-0.2, 0) is 6.42 Å². The van der Waals surface area contributed by atoms with Gasteiger partial charge in [0.25, 0.3) is 0 Å². The van der Waals surface area contributed by atoms with Crippen molar-refractivity contribution in [3.63, 3.8) is 0 Å². The van der Waals surface area contributed by atoms with Crippen LogP contribution >= 0.6 is 0 Å². The molecule has 0 spiro atoms. The molecule has 0 heterocycles. The lowest BCUT2D eigenvalue weighted by molar-refractivity contribution is 0.242. The van der Waals surface area contributed by atoms with E-state index in [0.29, 0.717) is 6.04 Å². The van der Waals surface area contributed by atoms with Crippen molar-refractivity contribution in [1.29, 1.82) is 0 Å². The molecule has 1 aromatic carbocycles. The maximum Gasteiger partial charge on any atom is 0.119 e. The average molecular weight is 235 g/mol. The number of aryl methyl sites for hydroxylation is 1. The van der Waals surface area contributed by atoms with Crippen LogP contribution in [0.2, 0.25) is 0 Å². The van der Waals surface area contributed by atoms with Gasteiger partial charge in [-0.15, -0.1) is 0 Å². The zero-order valence-electron chi connectivity index (χ0n) is 11.5. The van der Waals surface area contributed by atoms with Crippen LogP contribution in [0.15, 0.2) is 24.3 Å². The predicted molar refractivity (Wildman–Crippen MR) is 73.7 cm³/mol. The fourth-order valence-electron chi connectivity index (χ4n) is 1.84. The van der Waals surface area contributed by atoms with E-state index in [-0.39, 0.29) is 6.10 Å². The van der Waals surface area contributed by atoms with Crippen molar-refractivity contribution in [2.45, 2.75) is 52.7 Å². The van der Waals surface area contributed by atoms with Crippen LogP contribution in [0, 0.1) is 0 Å². The first-order valence-corrected chi connectivity index (χ1v) is 6.60. The van der Waals surface area contributed by atoms with Crippen LogP contribution in [0.5, 0.6) is 5.75 Å². The summed E-state index contributed by atoms with van der Waals surface area (Å²) in [7, 11) is 0. The second kappa shape index (κ2) is 7.33. The molecular weight excluding hydrogens is 210 g/mol. The van der Waals surface area contributed by atoms with Crippen molar-refractivity contribution in [3.8, 4) is 5.75 Å². The maximum absolute atomic E-state index is 5.62. The second-order valence-corrected chi connectivity index (χ2v) is 4.81. The summed E-state index contributed by atoms with van der Waals surface area (Å²) in [4.78, 5) is 0. The van der Waals surface area contributed by atoms with Gasteiger partial charge in [0.1, 0.15) is 5.75 Å². The molecule has 0 aliphatic heterocycles. The summed E-state index contributed by atoms with van der Waals surface area (Å²) in [6, 6.07) is 9.04. The molecule has 0 saturated carbocycles. The molecule has 2 heteroatoms. The molecule has 96 valence electrons. The van der Waals surface area contributed by atoms with Gasteiger partial charge in [-0.3, -0.25) is 0 Å². The summed E-state index contributed by atoms with van der Waals surface area (Å²) in [5, 5.41) is 3.43. The Balaban J connectivity index is 2.40. The van der Waals surface area contributed by atoms with Crippen molar-refractivity contribution in [2.75, 3.05) is 6.54 Å². The Morgan fingerprint density at radius 2 is 1.76 bits per heavy atom. The minimum absolute atomic E-state index is 0.245. The molecule has 2 nitrogen and oxygen atoms in total. The van der Waals surface area contributed by atoms with Gasteiger partial charge in [0.2, 0.25) is 0 Å². The van der Waals surface area contributed by atoms with E-state index in [1.807, 2.05) is 13.8 Å². The van der Waals surface area contributed by atoms with Crippen molar-refractivity contribution in [3.05, 3.63) is 29.8 Å². The first-order chi connectivity index (χ1) is 8.11. The minimum Gasteiger partial charge on any atom is -0.491 e. The van der Waals surface area contributed by atoms with Gasteiger partial charge < -0.3 is 10.1 Å². The highest BCUT2D eigenvalue weighted by atomic mass is 16.5.